The maximum atomic E-state index is 5.46. The third kappa shape index (κ3) is 3.66. The topological polar surface area (TPSA) is 50.7 Å². The first-order valence-electron chi connectivity index (χ1n) is 9.16. The van der Waals surface area contributed by atoms with E-state index in [2.05, 4.69) is 50.1 Å². The first kappa shape index (κ1) is 17.5. The fourth-order valence-corrected chi connectivity index (χ4v) is 3.58. The van der Waals surface area contributed by atoms with Gasteiger partial charge >= 0.3 is 0 Å². The van der Waals surface area contributed by atoms with Crippen molar-refractivity contribution in [1.82, 2.24) is 14.9 Å². The van der Waals surface area contributed by atoms with E-state index in [0.29, 0.717) is 11.5 Å². The van der Waals surface area contributed by atoms with Crippen LogP contribution in [-0.4, -0.2) is 55.3 Å². The molecule has 0 amide bonds. The van der Waals surface area contributed by atoms with Crippen molar-refractivity contribution >= 4 is 16.7 Å². The van der Waals surface area contributed by atoms with Gasteiger partial charge in [0.2, 0.25) is 0 Å². The van der Waals surface area contributed by atoms with Gasteiger partial charge in [-0.15, -0.1) is 0 Å². The number of hydrogen-bond acceptors (Lipinski definition) is 6. The maximum absolute atomic E-state index is 5.46. The molecule has 1 saturated heterocycles. The Balaban J connectivity index is 1.53. The molecule has 2 heterocycles. The zero-order valence-corrected chi connectivity index (χ0v) is 15.8. The SMILES string of the molecule is COc1cc2ncnc(N3CCN(Cc4ccccc4)CC3)c2cc1OC. The molecule has 27 heavy (non-hydrogen) atoms. The highest BCUT2D eigenvalue weighted by Crippen LogP contribution is 2.34. The van der Waals surface area contributed by atoms with Crippen molar-refractivity contribution in [1.29, 1.82) is 0 Å². The van der Waals surface area contributed by atoms with Gasteiger partial charge in [0.1, 0.15) is 12.1 Å². The van der Waals surface area contributed by atoms with Crippen LogP contribution in [0.3, 0.4) is 0 Å². The normalized spacial score (nSPS) is 15.1. The van der Waals surface area contributed by atoms with Crippen molar-refractivity contribution in [3.63, 3.8) is 0 Å². The molecule has 0 unspecified atom stereocenters. The summed E-state index contributed by atoms with van der Waals surface area (Å²) in [5.41, 5.74) is 2.22. The molecule has 2 aromatic carbocycles. The minimum Gasteiger partial charge on any atom is -0.493 e. The van der Waals surface area contributed by atoms with Gasteiger partial charge in [-0.3, -0.25) is 4.90 Å². The Morgan fingerprint density at radius 3 is 2.30 bits per heavy atom. The fourth-order valence-electron chi connectivity index (χ4n) is 3.58. The largest absolute Gasteiger partial charge is 0.493 e. The quantitative estimate of drug-likeness (QED) is 0.694. The number of nitrogens with zero attached hydrogens (tertiary/aromatic N) is 4. The lowest BCUT2D eigenvalue weighted by Crippen LogP contribution is -2.46. The predicted octanol–water partition coefficient (Wildman–Crippen LogP) is 2.97. The predicted molar refractivity (Wildman–Crippen MR) is 107 cm³/mol. The number of benzene rings is 2. The molecule has 0 radical (unpaired) electrons. The average Bonchev–Trinajstić information content (AvgIpc) is 2.73. The van der Waals surface area contributed by atoms with Crippen molar-refractivity contribution in [3.05, 3.63) is 54.4 Å². The van der Waals surface area contributed by atoms with E-state index in [9.17, 15) is 0 Å². The monoisotopic (exact) mass is 364 g/mol. The Bertz CT molecular complexity index is 909. The van der Waals surface area contributed by atoms with Gasteiger partial charge in [-0.05, 0) is 11.6 Å². The number of piperazine rings is 1. The third-order valence-corrected chi connectivity index (χ3v) is 5.04. The second kappa shape index (κ2) is 7.80. The summed E-state index contributed by atoms with van der Waals surface area (Å²) >= 11 is 0. The number of anilines is 1. The third-order valence-electron chi connectivity index (χ3n) is 5.04. The molecule has 3 aromatic rings. The van der Waals surface area contributed by atoms with Gasteiger partial charge in [0.25, 0.3) is 0 Å². The summed E-state index contributed by atoms with van der Waals surface area (Å²) in [6, 6.07) is 14.5. The maximum Gasteiger partial charge on any atom is 0.162 e. The zero-order chi connectivity index (χ0) is 18.6. The van der Waals surface area contributed by atoms with E-state index in [1.807, 2.05) is 12.1 Å². The van der Waals surface area contributed by atoms with Crippen LogP contribution in [0.1, 0.15) is 5.56 Å². The van der Waals surface area contributed by atoms with Crippen molar-refractivity contribution in [3.8, 4) is 11.5 Å². The molecule has 6 heteroatoms. The fraction of sp³-hybridized carbons (Fsp3) is 0.333. The molecule has 140 valence electrons. The van der Waals surface area contributed by atoms with Gasteiger partial charge in [-0.1, -0.05) is 30.3 Å². The molecular formula is C21H24N4O2. The van der Waals surface area contributed by atoms with E-state index in [1.165, 1.54) is 5.56 Å². The van der Waals surface area contributed by atoms with Crippen LogP contribution < -0.4 is 14.4 Å². The van der Waals surface area contributed by atoms with Gasteiger partial charge in [0.15, 0.2) is 11.5 Å². The summed E-state index contributed by atoms with van der Waals surface area (Å²) in [4.78, 5) is 13.8. The van der Waals surface area contributed by atoms with Crippen molar-refractivity contribution in [2.45, 2.75) is 6.54 Å². The second-order valence-electron chi connectivity index (χ2n) is 6.67. The standard InChI is InChI=1S/C21H24N4O2/c1-26-19-12-17-18(13-20(19)27-2)22-15-23-21(17)25-10-8-24(9-11-25)14-16-6-4-3-5-7-16/h3-7,12-13,15H,8-11,14H2,1-2H3. The molecule has 0 bridgehead atoms. The van der Waals surface area contributed by atoms with Gasteiger partial charge in [-0.2, -0.15) is 0 Å². The molecule has 1 fully saturated rings. The first-order chi connectivity index (χ1) is 13.3. The lowest BCUT2D eigenvalue weighted by atomic mass is 10.1. The number of aromatic nitrogens is 2. The van der Waals surface area contributed by atoms with Gasteiger partial charge in [0.05, 0.1) is 19.7 Å². The summed E-state index contributed by atoms with van der Waals surface area (Å²) in [5.74, 6) is 2.34. The average molecular weight is 364 g/mol. The highest BCUT2D eigenvalue weighted by Gasteiger charge is 2.21. The van der Waals surface area contributed by atoms with Crippen molar-refractivity contribution < 1.29 is 9.47 Å². The van der Waals surface area contributed by atoms with Crippen LogP contribution in [0.4, 0.5) is 5.82 Å². The molecule has 1 aliphatic rings. The molecule has 0 atom stereocenters. The van der Waals surface area contributed by atoms with E-state index < -0.39 is 0 Å². The number of ether oxygens (including phenoxy) is 2. The number of fused-ring (bicyclic) bond motifs is 1. The molecule has 0 saturated carbocycles. The highest BCUT2D eigenvalue weighted by atomic mass is 16.5. The summed E-state index contributed by atoms with van der Waals surface area (Å²) in [6.07, 6.45) is 1.62. The van der Waals surface area contributed by atoms with Crippen LogP contribution in [0.25, 0.3) is 10.9 Å². The van der Waals surface area contributed by atoms with Crippen molar-refractivity contribution in [2.75, 3.05) is 45.3 Å². The molecule has 6 nitrogen and oxygen atoms in total. The van der Waals surface area contributed by atoms with Crippen LogP contribution in [0.15, 0.2) is 48.8 Å². The van der Waals surface area contributed by atoms with Crippen molar-refractivity contribution in [2.24, 2.45) is 0 Å². The molecule has 1 aliphatic heterocycles. The molecule has 0 spiro atoms. The Labute approximate surface area is 159 Å². The summed E-state index contributed by atoms with van der Waals surface area (Å²) in [5, 5.41) is 0.992. The minimum atomic E-state index is 0.683. The summed E-state index contributed by atoms with van der Waals surface area (Å²) < 4.78 is 10.9. The molecule has 4 rings (SSSR count). The first-order valence-corrected chi connectivity index (χ1v) is 9.16. The van der Waals surface area contributed by atoms with Crippen LogP contribution in [0.2, 0.25) is 0 Å². The smallest absolute Gasteiger partial charge is 0.162 e. The van der Waals surface area contributed by atoms with Gasteiger partial charge < -0.3 is 14.4 Å². The number of methoxy groups -OCH3 is 2. The lowest BCUT2D eigenvalue weighted by Gasteiger charge is -2.35. The molecule has 0 aliphatic carbocycles. The Kier molecular flexibility index (Phi) is 5.07. The Morgan fingerprint density at radius 2 is 1.59 bits per heavy atom. The van der Waals surface area contributed by atoms with E-state index in [4.69, 9.17) is 9.47 Å². The van der Waals surface area contributed by atoms with E-state index >= 15 is 0 Å². The Hall–Kier alpha value is -2.86. The summed E-state index contributed by atoms with van der Waals surface area (Å²) in [7, 11) is 3.28. The number of hydrogen-bond donors (Lipinski definition) is 0. The second-order valence-corrected chi connectivity index (χ2v) is 6.67. The van der Waals surface area contributed by atoms with Crippen LogP contribution in [0, 0.1) is 0 Å². The Morgan fingerprint density at radius 1 is 0.889 bits per heavy atom. The summed E-state index contributed by atoms with van der Waals surface area (Å²) in [6.45, 7) is 4.88. The zero-order valence-electron chi connectivity index (χ0n) is 15.8. The molecule has 0 N–H and O–H groups in total. The van der Waals surface area contributed by atoms with E-state index in [1.54, 1.807) is 20.5 Å². The van der Waals surface area contributed by atoms with Crippen LogP contribution in [-0.2, 0) is 6.54 Å². The molecular weight excluding hydrogens is 340 g/mol. The van der Waals surface area contributed by atoms with Crippen LogP contribution in [0.5, 0.6) is 11.5 Å². The molecule has 1 aromatic heterocycles. The van der Waals surface area contributed by atoms with Gasteiger partial charge in [-0.25, -0.2) is 9.97 Å². The van der Waals surface area contributed by atoms with E-state index in [0.717, 1.165) is 49.4 Å². The minimum absolute atomic E-state index is 0.683. The number of rotatable bonds is 5. The van der Waals surface area contributed by atoms with Gasteiger partial charge in [0, 0.05) is 44.2 Å². The lowest BCUT2D eigenvalue weighted by molar-refractivity contribution is 0.249. The highest BCUT2D eigenvalue weighted by molar-refractivity contribution is 5.92. The van der Waals surface area contributed by atoms with E-state index in [-0.39, 0.29) is 0 Å². The van der Waals surface area contributed by atoms with Crippen LogP contribution >= 0.6 is 0 Å².